The van der Waals surface area contributed by atoms with Gasteiger partial charge in [-0.15, -0.1) is 0 Å². The number of carbonyl (C=O) groups is 21. The number of imidazole rings is 1. The zero-order valence-electron chi connectivity index (χ0n) is 66.6. The number of aromatic nitrogens is 2. The number of carboxylic acids is 4. The lowest BCUT2D eigenvalue weighted by molar-refractivity contribution is -0.143. The average molecular weight is 1670 g/mol. The van der Waals surface area contributed by atoms with Gasteiger partial charge >= 0.3 is 23.9 Å². The Morgan fingerprint density at radius 3 is 1.13 bits per heavy atom. The van der Waals surface area contributed by atoms with Gasteiger partial charge in [-0.05, 0) is 82.6 Å². The van der Waals surface area contributed by atoms with Crippen LogP contribution in [0.1, 0.15) is 151 Å². The van der Waals surface area contributed by atoms with Crippen molar-refractivity contribution < 1.29 is 126 Å². The first kappa shape index (κ1) is 101. The number of carbonyl (C=O) groups excluding carboxylic acids is 17. The van der Waals surface area contributed by atoms with Crippen LogP contribution in [-0.4, -0.2) is 257 Å². The number of carboxylic acid groups (broad SMARTS) is 4. The molecule has 46 nitrogen and oxygen atoms in total. The van der Waals surface area contributed by atoms with Gasteiger partial charge in [0.15, 0.2) is 0 Å². The maximum absolute atomic E-state index is 14.4. The minimum Gasteiger partial charge on any atom is -0.481 e. The summed E-state index contributed by atoms with van der Waals surface area (Å²) in [5.41, 5.74) is 22.1. The fourth-order valence-corrected chi connectivity index (χ4v) is 11.0. The molecule has 0 aliphatic rings. The van der Waals surface area contributed by atoms with Crippen molar-refractivity contribution in [3.63, 3.8) is 0 Å². The third kappa shape index (κ3) is 38.1. The van der Waals surface area contributed by atoms with Crippen molar-refractivity contribution >= 4 is 124 Å². The van der Waals surface area contributed by atoms with E-state index in [4.69, 9.17) is 22.9 Å². The van der Waals surface area contributed by atoms with Gasteiger partial charge in [0.1, 0.15) is 84.6 Å². The monoisotopic (exact) mass is 1670 g/mol. The van der Waals surface area contributed by atoms with E-state index in [0.717, 1.165) is 20.2 Å². The molecule has 17 amide bonds. The topological polar surface area (TPSA) is 761 Å². The van der Waals surface area contributed by atoms with Crippen LogP contribution in [0.15, 0.2) is 42.9 Å². The van der Waals surface area contributed by atoms with E-state index in [-0.39, 0.29) is 56.6 Å². The Labute approximate surface area is 676 Å². The number of amides is 17. The smallest absolute Gasteiger partial charge is 0.326 e. The number of aliphatic carboxylic acids is 4. The van der Waals surface area contributed by atoms with E-state index in [1.54, 1.807) is 58.0 Å². The Morgan fingerprint density at radius 1 is 0.364 bits per heavy atom. The van der Waals surface area contributed by atoms with Crippen molar-refractivity contribution in [3.05, 3.63) is 54.1 Å². The molecule has 1 heterocycles. The summed E-state index contributed by atoms with van der Waals surface area (Å²) in [6.45, 7) is 11.8. The molecule has 0 radical (unpaired) electrons. The minimum atomic E-state index is -2.13. The van der Waals surface area contributed by atoms with E-state index < -0.39 is 278 Å². The number of rotatable bonds is 55. The van der Waals surface area contributed by atoms with E-state index in [9.17, 15) is 126 Å². The molecule has 0 unspecified atom stereocenters. The van der Waals surface area contributed by atoms with E-state index in [1.165, 1.54) is 27.0 Å². The van der Waals surface area contributed by atoms with Crippen LogP contribution in [0.5, 0.6) is 0 Å². The second kappa shape index (κ2) is 50.5. The van der Waals surface area contributed by atoms with Crippen molar-refractivity contribution in [3.8, 4) is 0 Å². The van der Waals surface area contributed by atoms with Gasteiger partial charge < -0.3 is 128 Å². The van der Waals surface area contributed by atoms with Gasteiger partial charge in [0.2, 0.25) is 100 Å². The number of benzene rings is 1. The average Bonchev–Trinajstić information content (AvgIpc) is 0.838. The molecule has 2 aromatic rings. The van der Waals surface area contributed by atoms with Crippen LogP contribution >= 0.6 is 0 Å². The highest BCUT2D eigenvalue weighted by Gasteiger charge is 2.39. The maximum Gasteiger partial charge on any atom is 0.326 e. The molecule has 0 aliphatic heterocycles. The second-order valence-electron chi connectivity index (χ2n) is 29.0. The Balaban J connectivity index is 2.36. The van der Waals surface area contributed by atoms with E-state index in [2.05, 4.69) is 84.4 Å². The molecule has 0 saturated carbocycles. The third-order valence-corrected chi connectivity index (χ3v) is 17.5. The fraction of sp³-hybridized carbons (Fsp3) is 0.583. The maximum atomic E-state index is 14.4. The zero-order valence-corrected chi connectivity index (χ0v) is 66.6. The van der Waals surface area contributed by atoms with Crippen LogP contribution in [0.4, 0.5) is 0 Å². The SMILES string of the molecule is CC(C)C[C@H](NC(=O)[C@H](CC(C)C)NC(=O)[C@H](CCC(N)=O)NC(=O)[C@@H](N)CCC(N)=O)C(=O)N[C@@H](CC(=O)O)C(=O)N[C@@H](CCC(=O)O)C(=O)N[C@@H](Cc1cnc[nH]1)C(=O)N[C@@H](CC(=O)O)C(=O)N[C@@H](C)C(=O)N[C@H](C(=O)N[C@@H](CO)C(=O)N[C@@H](C)C(=O)N[C@@H](C)C(=O)N[C@@H](Cc1ccccc1)C(=O)N[C@@H](CCC(N)=O)C(=O)O)C(C)C. The number of H-pyrrole nitrogens is 1. The van der Waals surface area contributed by atoms with Crippen molar-refractivity contribution in [1.82, 2.24) is 84.4 Å². The van der Waals surface area contributed by atoms with Gasteiger partial charge in [0.05, 0.1) is 31.8 Å². The molecule has 0 bridgehead atoms. The molecule has 118 heavy (non-hydrogen) atoms. The number of nitrogens with one attached hydrogen (secondary N) is 15. The first-order valence-corrected chi connectivity index (χ1v) is 37.5. The van der Waals surface area contributed by atoms with E-state index in [1.807, 2.05) is 0 Å². The number of primary amides is 3. The third-order valence-electron chi connectivity index (χ3n) is 17.5. The summed E-state index contributed by atoms with van der Waals surface area (Å²) in [5, 5.41) is 81.9. The number of nitrogens with zero attached hydrogens (tertiary/aromatic N) is 1. The predicted octanol–water partition coefficient (Wildman–Crippen LogP) is -8.20. The van der Waals surface area contributed by atoms with Crippen LogP contribution in [0.3, 0.4) is 0 Å². The summed E-state index contributed by atoms with van der Waals surface area (Å²) in [7, 11) is 0. The van der Waals surface area contributed by atoms with E-state index in [0.29, 0.717) is 5.56 Å². The van der Waals surface area contributed by atoms with Crippen molar-refractivity contribution in [1.29, 1.82) is 0 Å². The standard InChI is InChI=1S/C72H110N20O26/c1-32(2)23-44(86-62(107)41(16-20-52(75)95)82-61(106)40(73)15-19-51(74)94)65(110)87-45(24-33(3)4)66(111)90-49(28-56(101)102)69(114)83-42(18-22-54(97)98)63(108)88-47(26-39-29-77-31-78-39)68(113)89-48(27-55(99)100)64(109)80-37(9)60(105)92-57(34(5)6)71(116)91-50(30-93)70(115)81-35(7)58(103)79-36(8)59(104)85-46(25-38-13-11-10-12-14-38)67(112)84-43(72(117)118)17-21-53(76)96/h10-14,29,31-37,40-50,57,93H,15-28,30,73H2,1-9H3,(H2,74,94)(H2,75,95)(H2,76,96)(H,77,78)(H,79,103)(H,80,109)(H,81,115)(H,82,106)(H,83,114)(H,84,112)(H,85,104)(H,86,107)(H,87,110)(H,88,108)(H,89,113)(H,90,111)(H,91,116)(H,92,105)(H,97,98)(H,99,100)(H,101,102)(H,117,118)/t35-,36-,37-,40-,41-,42-,43-,44-,45-,46-,47-,48-,49-,50-,57-/m0/s1. The fourth-order valence-electron chi connectivity index (χ4n) is 11.0. The van der Waals surface area contributed by atoms with Crippen LogP contribution in [0.2, 0.25) is 0 Å². The molecule has 1 aromatic heterocycles. The van der Waals surface area contributed by atoms with Crippen molar-refractivity contribution in [2.24, 2.45) is 40.7 Å². The van der Waals surface area contributed by atoms with Crippen LogP contribution in [0.25, 0.3) is 0 Å². The summed E-state index contributed by atoms with van der Waals surface area (Å²) in [6.07, 6.45) is -4.99. The Kier molecular flexibility index (Phi) is 43.4. The van der Waals surface area contributed by atoms with Gasteiger partial charge in [-0.2, -0.15) is 0 Å². The molecular formula is C72H110N20O26. The largest absolute Gasteiger partial charge is 0.481 e. The molecule has 15 atom stereocenters. The molecule has 0 saturated heterocycles. The van der Waals surface area contributed by atoms with E-state index >= 15 is 0 Å². The summed E-state index contributed by atoms with van der Waals surface area (Å²) in [6, 6.07) is -17.0. The number of aliphatic hydroxyl groups is 1. The number of hydrogen-bond acceptors (Lipinski definition) is 24. The molecule has 0 fully saturated rings. The molecule has 1 aromatic carbocycles. The number of aromatic amines is 1. The summed E-state index contributed by atoms with van der Waals surface area (Å²) in [4.78, 5) is 283. The Hall–Kier alpha value is -12.8. The van der Waals surface area contributed by atoms with Gasteiger partial charge in [-0.25, -0.2) is 9.78 Å². The first-order valence-electron chi connectivity index (χ1n) is 37.5. The van der Waals surface area contributed by atoms with Crippen LogP contribution in [-0.2, 0) is 114 Å². The Bertz CT molecular complexity index is 3880. The van der Waals surface area contributed by atoms with Gasteiger partial charge in [0.25, 0.3) is 0 Å². The predicted molar refractivity (Wildman–Crippen MR) is 410 cm³/mol. The zero-order chi connectivity index (χ0) is 89.5. The number of nitrogens with two attached hydrogens (primary N) is 4. The van der Waals surface area contributed by atoms with Gasteiger partial charge in [0, 0.05) is 50.4 Å². The highest BCUT2D eigenvalue weighted by atomic mass is 16.4. The van der Waals surface area contributed by atoms with Crippen LogP contribution < -0.4 is 97.4 Å². The molecule has 0 aliphatic carbocycles. The highest BCUT2D eigenvalue weighted by Crippen LogP contribution is 2.15. The van der Waals surface area contributed by atoms with Crippen LogP contribution in [0, 0.1) is 17.8 Å². The summed E-state index contributed by atoms with van der Waals surface area (Å²) >= 11 is 0. The molecule has 654 valence electrons. The minimum absolute atomic E-state index is 0.0876. The molecule has 28 N–H and O–H groups in total. The van der Waals surface area contributed by atoms with Gasteiger partial charge in [-0.3, -0.25) is 95.9 Å². The summed E-state index contributed by atoms with van der Waals surface area (Å²) in [5.74, 6) is -26.5. The van der Waals surface area contributed by atoms with Crippen molar-refractivity contribution in [2.75, 3.05) is 6.61 Å². The lowest BCUT2D eigenvalue weighted by Gasteiger charge is -2.28. The normalized spacial score (nSPS) is 14.9. The number of aliphatic hydroxyl groups excluding tert-OH is 1. The number of hydrogen-bond donors (Lipinski definition) is 24. The molecule has 46 heteroatoms. The highest BCUT2D eigenvalue weighted by molar-refractivity contribution is 6.02. The first-order chi connectivity index (χ1) is 55.1. The summed E-state index contributed by atoms with van der Waals surface area (Å²) < 4.78 is 0. The van der Waals surface area contributed by atoms with Crippen molar-refractivity contribution in [2.45, 2.75) is 243 Å². The second-order valence-corrected chi connectivity index (χ2v) is 29.0. The quantitative estimate of drug-likeness (QED) is 0.0292. The Morgan fingerprint density at radius 2 is 0.703 bits per heavy atom. The van der Waals surface area contributed by atoms with Gasteiger partial charge in [-0.1, -0.05) is 71.9 Å². The molecule has 0 spiro atoms. The molecular weight excluding hydrogens is 1560 g/mol. The lowest BCUT2D eigenvalue weighted by atomic mass is 9.99. The lowest BCUT2D eigenvalue weighted by Crippen LogP contribution is -2.61. The molecule has 2 rings (SSSR count).